The second kappa shape index (κ2) is 9.93. The van der Waals surface area contributed by atoms with Gasteiger partial charge in [0.25, 0.3) is 0 Å². The van der Waals surface area contributed by atoms with Gasteiger partial charge in [-0.25, -0.2) is 13.6 Å². The highest BCUT2D eigenvalue weighted by Gasteiger charge is 2.34. The number of nitrogens with zero attached hydrogens (tertiary/aromatic N) is 1. The van der Waals surface area contributed by atoms with Gasteiger partial charge in [-0.15, -0.1) is 11.3 Å². The molecule has 2 aromatic carbocycles. The number of hydrogen-bond donors (Lipinski definition) is 1. The van der Waals surface area contributed by atoms with Gasteiger partial charge in [0.2, 0.25) is 0 Å². The lowest BCUT2D eigenvalue weighted by Gasteiger charge is -2.25. The van der Waals surface area contributed by atoms with Crippen molar-refractivity contribution in [3.8, 4) is 5.75 Å². The number of fused-ring (bicyclic) bond motifs is 1. The molecular weight excluding hydrogens is 468 g/mol. The van der Waals surface area contributed by atoms with E-state index in [4.69, 9.17) is 9.47 Å². The number of rotatable bonds is 6. The quantitative estimate of drug-likeness (QED) is 0.251. The molecule has 0 saturated heterocycles. The van der Waals surface area contributed by atoms with E-state index < -0.39 is 17.6 Å². The van der Waals surface area contributed by atoms with Gasteiger partial charge >= 0.3 is 5.97 Å². The number of benzene rings is 2. The molecule has 1 N–H and O–H groups in total. The molecule has 0 fully saturated rings. The highest BCUT2D eigenvalue weighted by Crippen LogP contribution is 2.47. The Morgan fingerprint density at radius 1 is 1.21 bits per heavy atom. The molecule has 9 heteroatoms. The van der Waals surface area contributed by atoms with E-state index in [1.54, 1.807) is 14.0 Å². The van der Waals surface area contributed by atoms with E-state index in [0.717, 1.165) is 29.1 Å². The summed E-state index contributed by atoms with van der Waals surface area (Å²) in [6.45, 7) is 1.94. The van der Waals surface area contributed by atoms with E-state index in [0.29, 0.717) is 38.8 Å². The first kappa shape index (κ1) is 23.3. The molecule has 5 nitrogen and oxygen atoms in total. The first-order valence-electron chi connectivity index (χ1n) is 10.3. The van der Waals surface area contributed by atoms with Crippen LogP contribution < -0.4 is 4.74 Å². The molecule has 1 atom stereocenters. The summed E-state index contributed by atoms with van der Waals surface area (Å²) in [4.78, 5) is 13.4. The van der Waals surface area contributed by atoms with Gasteiger partial charge < -0.3 is 14.7 Å². The second-order valence-electron chi connectivity index (χ2n) is 7.39. The summed E-state index contributed by atoms with van der Waals surface area (Å²) >= 11 is 2.25. The van der Waals surface area contributed by atoms with Crippen LogP contribution in [0.1, 0.15) is 45.6 Å². The molecule has 4 rings (SSSR count). The fourth-order valence-electron chi connectivity index (χ4n) is 3.88. The predicted octanol–water partition coefficient (Wildman–Crippen LogP) is 6.27. The Hall–Kier alpha value is -2.91. The van der Waals surface area contributed by atoms with Crippen molar-refractivity contribution < 1.29 is 28.3 Å². The Balaban J connectivity index is 1.78. The van der Waals surface area contributed by atoms with Gasteiger partial charge in [-0.1, -0.05) is 29.1 Å². The summed E-state index contributed by atoms with van der Waals surface area (Å²) < 4.78 is 38.8. The third-order valence-electron chi connectivity index (χ3n) is 5.42. The lowest BCUT2D eigenvalue weighted by atomic mass is 9.80. The van der Waals surface area contributed by atoms with Gasteiger partial charge in [-0.2, -0.15) is 0 Å². The number of oxime groups is 1. The second-order valence-corrected chi connectivity index (χ2v) is 9.73. The molecule has 1 aliphatic rings. The molecule has 172 valence electrons. The third kappa shape index (κ3) is 4.74. The molecule has 0 radical (unpaired) electrons. The van der Waals surface area contributed by atoms with Crippen LogP contribution in [0.4, 0.5) is 8.78 Å². The van der Waals surface area contributed by atoms with Crippen molar-refractivity contribution >= 4 is 34.8 Å². The Bertz CT molecular complexity index is 1210. The van der Waals surface area contributed by atoms with Crippen LogP contribution in [-0.4, -0.2) is 30.6 Å². The topological polar surface area (TPSA) is 68.1 Å². The van der Waals surface area contributed by atoms with Crippen LogP contribution >= 0.6 is 23.1 Å². The highest BCUT2D eigenvalue weighted by atomic mass is 32.2. The van der Waals surface area contributed by atoms with Crippen molar-refractivity contribution in [1.29, 1.82) is 0 Å². The van der Waals surface area contributed by atoms with E-state index >= 15 is 0 Å². The molecule has 1 unspecified atom stereocenters. The summed E-state index contributed by atoms with van der Waals surface area (Å²) in [5, 5.41) is 13.4. The number of thiophene rings is 1. The van der Waals surface area contributed by atoms with Crippen LogP contribution in [0.3, 0.4) is 0 Å². The van der Waals surface area contributed by atoms with Crippen molar-refractivity contribution in [2.45, 2.75) is 34.8 Å². The van der Waals surface area contributed by atoms with Crippen LogP contribution in [0.25, 0.3) is 0 Å². The van der Waals surface area contributed by atoms with Crippen molar-refractivity contribution in [2.75, 3.05) is 13.7 Å². The zero-order chi connectivity index (χ0) is 23.5. The summed E-state index contributed by atoms with van der Waals surface area (Å²) in [6.07, 6.45) is 0.964. The molecule has 0 bridgehead atoms. The number of esters is 1. The normalized spacial score (nSPS) is 16.5. The van der Waals surface area contributed by atoms with E-state index in [2.05, 4.69) is 5.16 Å². The predicted molar refractivity (Wildman–Crippen MR) is 123 cm³/mol. The van der Waals surface area contributed by atoms with E-state index in [1.807, 2.05) is 24.3 Å². The molecule has 0 aliphatic heterocycles. The standard InChI is InChI=1S/C24H21F2NO4S2/c1-3-31-23(28)22-17-10-14(13-4-7-16(30-2)8-5-13)11-19(27-29)21(17)24(33-22)32-20-9-6-15(25)12-18(20)26/h4-9,12,14,29H,3,10-11H2,1-2H3/b27-19+. The monoisotopic (exact) mass is 489 g/mol. The van der Waals surface area contributed by atoms with Gasteiger partial charge in [0, 0.05) is 22.9 Å². The van der Waals surface area contributed by atoms with Crippen LogP contribution in [0, 0.1) is 11.6 Å². The van der Waals surface area contributed by atoms with Gasteiger partial charge in [0.1, 0.15) is 22.3 Å². The molecule has 1 aliphatic carbocycles. The Morgan fingerprint density at radius 2 is 1.97 bits per heavy atom. The van der Waals surface area contributed by atoms with Crippen LogP contribution in [-0.2, 0) is 11.2 Å². The number of halogens is 2. The fourth-order valence-corrected chi connectivity index (χ4v) is 6.38. The van der Waals surface area contributed by atoms with Crippen LogP contribution in [0.2, 0.25) is 0 Å². The minimum Gasteiger partial charge on any atom is -0.497 e. The van der Waals surface area contributed by atoms with Crippen molar-refractivity contribution in [3.05, 3.63) is 75.7 Å². The molecule has 3 aromatic rings. The zero-order valence-corrected chi connectivity index (χ0v) is 19.6. The first-order chi connectivity index (χ1) is 15.9. The van der Waals surface area contributed by atoms with Crippen molar-refractivity contribution in [1.82, 2.24) is 0 Å². The van der Waals surface area contributed by atoms with Crippen molar-refractivity contribution in [2.24, 2.45) is 5.16 Å². The molecular formula is C24H21F2NO4S2. The number of ether oxygens (including phenoxy) is 2. The van der Waals surface area contributed by atoms with Crippen molar-refractivity contribution in [3.63, 3.8) is 0 Å². The maximum Gasteiger partial charge on any atom is 0.348 e. The number of hydrogen-bond acceptors (Lipinski definition) is 7. The molecule has 0 saturated carbocycles. The van der Waals surface area contributed by atoms with E-state index in [-0.39, 0.29) is 17.4 Å². The molecule has 33 heavy (non-hydrogen) atoms. The van der Waals surface area contributed by atoms with Gasteiger partial charge in [-0.05, 0) is 54.7 Å². The number of carbonyl (C=O) groups is 1. The van der Waals surface area contributed by atoms with Gasteiger partial charge in [-0.3, -0.25) is 0 Å². The summed E-state index contributed by atoms with van der Waals surface area (Å²) in [5.74, 6) is -1.14. The summed E-state index contributed by atoms with van der Waals surface area (Å²) in [7, 11) is 1.60. The SMILES string of the molecule is CCOC(=O)c1sc(Sc2ccc(F)cc2F)c2c1CC(c1ccc(OC)cc1)C/C2=N\O. The highest BCUT2D eigenvalue weighted by molar-refractivity contribution is 8.01. The van der Waals surface area contributed by atoms with Crippen LogP contribution in [0.15, 0.2) is 56.7 Å². The zero-order valence-electron chi connectivity index (χ0n) is 17.9. The number of carbonyl (C=O) groups excluding carboxylic acids is 1. The lowest BCUT2D eigenvalue weighted by molar-refractivity contribution is 0.0530. The fraction of sp³-hybridized carbons (Fsp3) is 0.250. The van der Waals surface area contributed by atoms with Gasteiger partial charge in [0.05, 0.1) is 23.6 Å². The minimum absolute atomic E-state index is 0.0301. The van der Waals surface area contributed by atoms with Crippen LogP contribution in [0.5, 0.6) is 5.75 Å². The van der Waals surface area contributed by atoms with E-state index in [1.165, 1.54) is 23.5 Å². The third-order valence-corrected chi connectivity index (χ3v) is 7.87. The first-order valence-corrected chi connectivity index (χ1v) is 11.9. The largest absolute Gasteiger partial charge is 0.497 e. The summed E-state index contributed by atoms with van der Waals surface area (Å²) in [6, 6.07) is 11.0. The maximum atomic E-state index is 14.3. The summed E-state index contributed by atoms with van der Waals surface area (Å²) in [5.41, 5.74) is 2.75. The lowest BCUT2D eigenvalue weighted by Crippen LogP contribution is -2.21. The smallest absolute Gasteiger partial charge is 0.348 e. The van der Waals surface area contributed by atoms with E-state index in [9.17, 15) is 18.8 Å². The minimum atomic E-state index is -0.700. The molecule has 0 amide bonds. The van der Waals surface area contributed by atoms with Gasteiger partial charge in [0.15, 0.2) is 0 Å². The number of methoxy groups -OCH3 is 1. The Labute approximate surface area is 198 Å². The average Bonchev–Trinajstić information content (AvgIpc) is 3.19. The Kier molecular flexibility index (Phi) is 6.99. The maximum absolute atomic E-state index is 14.3. The molecule has 0 spiro atoms. The Morgan fingerprint density at radius 3 is 2.61 bits per heavy atom. The molecule has 1 heterocycles. The molecule has 1 aromatic heterocycles. The average molecular weight is 490 g/mol.